The van der Waals surface area contributed by atoms with Gasteiger partial charge in [-0.1, -0.05) is 24.3 Å². The number of alkyl halides is 6. The number of benzene rings is 2. The summed E-state index contributed by atoms with van der Waals surface area (Å²) in [5.74, 6) is -0.0501. The molecular weight excluding hydrogens is 486 g/mol. The number of thiophene rings is 2. The number of rotatable bonds is 4. The molecule has 33 heavy (non-hydrogen) atoms. The first-order chi connectivity index (χ1) is 15.4. The molecule has 0 saturated heterocycles. The second kappa shape index (κ2) is 8.19. The normalized spacial score (nSPS) is 12.8. The largest absolute Gasteiger partial charge is 0.506 e. The lowest BCUT2D eigenvalue weighted by molar-refractivity contribution is -0.138. The van der Waals surface area contributed by atoms with E-state index < -0.39 is 29.1 Å². The molecule has 2 N–H and O–H groups in total. The predicted molar refractivity (Wildman–Crippen MR) is 114 cm³/mol. The Morgan fingerprint density at radius 2 is 0.939 bits per heavy atom. The lowest BCUT2D eigenvalue weighted by Gasteiger charge is -2.31. The summed E-state index contributed by atoms with van der Waals surface area (Å²) >= 11 is 2.37. The van der Waals surface area contributed by atoms with Gasteiger partial charge in [0.15, 0.2) is 0 Å². The van der Waals surface area contributed by atoms with Crippen LogP contribution in [0.1, 0.15) is 27.8 Å². The van der Waals surface area contributed by atoms with Crippen molar-refractivity contribution < 1.29 is 36.6 Å². The molecule has 0 spiro atoms. The van der Waals surface area contributed by atoms with Crippen LogP contribution in [0, 0.1) is 0 Å². The van der Waals surface area contributed by atoms with Crippen molar-refractivity contribution in [3.05, 3.63) is 99.2 Å². The van der Waals surface area contributed by atoms with E-state index in [1.165, 1.54) is 34.8 Å². The predicted octanol–water partition coefficient (Wildman–Crippen LogP) is 7.50. The highest BCUT2D eigenvalue weighted by Crippen LogP contribution is 2.48. The minimum Gasteiger partial charge on any atom is -0.506 e. The van der Waals surface area contributed by atoms with Gasteiger partial charge in [0.05, 0.1) is 20.9 Å². The number of halogens is 6. The molecule has 2 nitrogen and oxygen atoms in total. The van der Waals surface area contributed by atoms with Gasteiger partial charge in [-0.3, -0.25) is 0 Å². The van der Waals surface area contributed by atoms with E-state index in [0.717, 1.165) is 48.5 Å². The molecule has 0 unspecified atom stereocenters. The lowest BCUT2D eigenvalue weighted by atomic mass is 9.79. The van der Waals surface area contributed by atoms with E-state index in [1.54, 1.807) is 10.8 Å². The molecule has 2 aromatic heterocycles. The van der Waals surface area contributed by atoms with Gasteiger partial charge in [-0.2, -0.15) is 26.3 Å². The van der Waals surface area contributed by atoms with Gasteiger partial charge in [-0.25, -0.2) is 0 Å². The molecule has 4 aromatic rings. The van der Waals surface area contributed by atoms with Crippen molar-refractivity contribution >= 4 is 22.7 Å². The van der Waals surface area contributed by atoms with Crippen LogP contribution in [0.25, 0.3) is 9.75 Å². The first-order valence-corrected chi connectivity index (χ1v) is 11.1. The SMILES string of the molecule is Oc1ccsc1-c1sccc1C(O)(c1ccc(C(F)(F)F)cc1)c1ccc(C(F)(F)F)cc1. The molecule has 2 aromatic carbocycles. The fourth-order valence-electron chi connectivity index (χ4n) is 3.52. The number of aliphatic hydroxyl groups is 1. The standard InChI is InChI=1S/C23H14F6O2S2/c24-22(25,26)15-5-1-13(2-6-15)21(31,14-3-7-16(8-4-14)23(27,28)29)17-9-11-32-19(17)20-18(30)10-12-33-20/h1-12,30-31H. The molecule has 0 fully saturated rings. The zero-order valence-electron chi connectivity index (χ0n) is 16.4. The summed E-state index contributed by atoms with van der Waals surface area (Å²) in [7, 11) is 0. The fourth-order valence-corrected chi connectivity index (χ4v) is 5.44. The van der Waals surface area contributed by atoms with Crippen molar-refractivity contribution in [3.63, 3.8) is 0 Å². The molecule has 0 aliphatic heterocycles. The van der Waals surface area contributed by atoms with Crippen molar-refractivity contribution in [2.45, 2.75) is 18.0 Å². The Kier molecular flexibility index (Phi) is 5.80. The second-order valence-corrected chi connectivity index (χ2v) is 8.99. The Hall–Kier alpha value is -2.82. The highest BCUT2D eigenvalue weighted by atomic mass is 32.1. The van der Waals surface area contributed by atoms with Crippen LogP contribution in [0.15, 0.2) is 71.4 Å². The highest BCUT2D eigenvalue weighted by Gasteiger charge is 2.39. The zero-order valence-corrected chi connectivity index (χ0v) is 18.0. The Balaban J connectivity index is 1.93. The molecule has 2 heterocycles. The third kappa shape index (κ3) is 4.25. The summed E-state index contributed by atoms with van der Waals surface area (Å²) in [5.41, 5.74) is -3.65. The third-order valence-corrected chi connectivity index (χ3v) is 7.15. The molecule has 4 rings (SSSR count). The summed E-state index contributed by atoms with van der Waals surface area (Å²) in [4.78, 5) is 0.877. The first kappa shape index (κ1) is 23.3. The van der Waals surface area contributed by atoms with E-state index in [0.29, 0.717) is 9.75 Å². The number of hydrogen-bond donors (Lipinski definition) is 2. The smallest absolute Gasteiger partial charge is 0.416 e. The quantitative estimate of drug-likeness (QED) is 0.285. The topological polar surface area (TPSA) is 40.5 Å². The maximum Gasteiger partial charge on any atom is 0.416 e. The maximum atomic E-state index is 13.1. The number of hydrogen-bond acceptors (Lipinski definition) is 4. The highest BCUT2D eigenvalue weighted by molar-refractivity contribution is 7.20. The Morgan fingerprint density at radius 3 is 1.33 bits per heavy atom. The second-order valence-electron chi connectivity index (χ2n) is 7.16. The summed E-state index contributed by atoms with van der Waals surface area (Å²) in [6.45, 7) is 0. The van der Waals surface area contributed by atoms with Crippen LogP contribution < -0.4 is 0 Å². The molecule has 0 atom stereocenters. The van der Waals surface area contributed by atoms with E-state index in [4.69, 9.17) is 0 Å². The van der Waals surface area contributed by atoms with Crippen LogP contribution in [-0.4, -0.2) is 10.2 Å². The van der Waals surface area contributed by atoms with Crippen LogP contribution in [-0.2, 0) is 18.0 Å². The minimum atomic E-state index is -4.60. The van der Waals surface area contributed by atoms with E-state index >= 15 is 0 Å². The van der Waals surface area contributed by atoms with Crippen molar-refractivity contribution in [1.82, 2.24) is 0 Å². The van der Waals surface area contributed by atoms with Gasteiger partial charge in [0.1, 0.15) is 11.4 Å². The maximum absolute atomic E-state index is 13.1. The summed E-state index contributed by atoms with van der Waals surface area (Å²) in [6, 6.07) is 10.6. The van der Waals surface area contributed by atoms with Crippen LogP contribution >= 0.6 is 22.7 Å². The van der Waals surface area contributed by atoms with E-state index in [2.05, 4.69) is 0 Å². The molecule has 0 aliphatic rings. The van der Waals surface area contributed by atoms with Crippen LogP contribution in [0.3, 0.4) is 0 Å². The van der Waals surface area contributed by atoms with Crippen LogP contribution in [0.2, 0.25) is 0 Å². The van der Waals surface area contributed by atoms with Crippen molar-refractivity contribution in [2.24, 2.45) is 0 Å². The van der Waals surface area contributed by atoms with Gasteiger partial charge in [0.2, 0.25) is 0 Å². The molecule has 172 valence electrons. The Bertz CT molecular complexity index is 1190. The van der Waals surface area contributed by atoms with Crippen molar-refractivity contribution in [2.75, 3.05) is 0 Å². The van der Waals surface area contributed by atoms with Crippen molar-refractivity contribution in [1.29, 1.82) is 0 Å². The average molecular weight is 500 g/mol. The monoisotopic (exact) mass is 500 g/mol. The molecular formula is C23H14F6O2S2. The molecule has 0 saturated carbocycles. The molecule has 10 heteroatoms. The Morgan fingerprint density at radius 1 is 0.545 bits per heavy atom. The van der Waals surface area contributed by atoms with E-state index in [1.807, 2.05) is 0 Å². The van der Waals surface area contributed by atoms with E-state index in [-0.39, 0.29) is 22.4 Å². The van der Waals surface area contributed by atoms with Gasteiger partial charge in [0.25, 0.3) is 0 Å². The fraction of sp³-hybridized carbons (Fsp3) is 0.130. The zero-order chi connectivity index (χ0) is 24.0. The van der Waals surface area contributed by atoms with Crippen LogP contribution in [0.5, 0.6) is 5.75 Å². The van der Waals surface area contributed by atoms with Crippen LogP contribution in [0.4, 0.5) is 26.3 Å². The van der Waals surface area contributed by atoms with E-state index in [9.17, 15) is 36.6 Å². The molecule has 0 aliphatic carbocycles. The van der Waals surface area contributed by atoms with Gasteiger partial charge in [-0.15, -0.1) is 22.7 Å². The summed E-state index contributed by atoms with van der Waals surface area (Å²) < 4.78 is 78.4. The third-order valence-electron chi connectivity index (χ3n) is 5.17. The average Bonchev–Trinajstić information content (AvgIpc) is 3.41. The van der Waals surface area contributed by atoms with Gasteiger partial charge in [-0.05, 0) is 58.3 Å². The summed E-state index contributed by atoms with van der Waals surface area (Å²) in [5, 5.41) is 25.4. The first-order valence-electron chi connectivity index (χ1n) is 9.35. The molecule has 0 bridgehead atoms. The summed E-state index contributed by atoms with van der Waals surface area (Å²) in [6.07, 6.45) is -9.19. The van der Waals surface area contributed by atoms with Crippen molar-refractivity contribution in [3.8, 4) is 15.5 Å². The molecule has 0 radical (unpaired) electrons. The van der Waals surface area contributed by atoms with Gasteiger partial charge < -0.3 is 10.2 Å². The Labute approximate surface area is 192 Å². The lowest BCUT2D eigenvalue weighted by Crippen LogP contribution is -2.29. The van der Waals surface area contributed by atoms with Gasteiger partial charge in [0, 0.05) is 5.56 Å². The number of aromatic hydroxyl groups is 1. The molecule has 0 amide bonds. The minimum absolute atomic E-state index is 0.0333. The van der Waals surface area contributed by atoms with Gasteiger partial charge >= 0.3 is 12.4 Å².